The minimum absolute atomic E-state index is 0.280. The molecule has 0 fully saturated rings. The van der Waals surface area contributed by atoms with Crippen LogP contribution < -0.4 is 27.2 Å². The van der Waals surface area contributed by atoms with Gasteiger partial charge in [-0.2, -0.15) is 0 Å². The van der Waals surface area contributed by atoms with E-state index in [2.05, 4.69) is 67.7 Å². The summed E-state index contributed by atoms with van der Waals surface area (Å²) in [5.74, 6) is -11.8. The fourth-order valence-electron chi connectivity index (χ4n) is 7.23. The predicted octanol–water partition coefficient (Wildman–Crippen LogP) is 7.98. The molecule has 6 aromatic carbocycles. The van der Waals surface area contributed by atoms with Crippen molar-refractivity contribution < 1.29 is 40.4 Å². The van der Waals surface area contributed by atoms with Gasteiger partial charge in [-0.1, -0.05) is 72.8 Å². The fourth-order valence-corrected chi connectivity index (χ4v) is 7.23. The van der Waals surface area contributed by atoms with E-state index < -0.39 is 74.5 Å². The lowest BCUT2D eigenvalue weighted by molar-refractivity contribution is -0.686. The van der Waals surface area contributed by atoms with Crippen LogP contribution in [0.2, 0.25) is 0 Å². The number of hydrogen-bond donors (Lipinski definition) is 1. The highest BCUT2D eigenvalue weighted by Crippen LogP contribution is 2.25. The van der Waals surface area contributed by atoms with Crippen LogP contribution in [-0.2, 0) is 13.1 Å². The molecule has 0 saturated carbocycles. The van der Waals surface area contributed by atoms with Crippen molar-refractivity contribution in [2.24, 2.45) is 0 Å². The number of quaternary nitrogens is 1. The normalized spacial score (nSPS) is 11.4. The molecular formula is C44H40BF8N. The van der Waals surface area contributed by atoms with Crippen molar-refractivity contribution >= 4 is 28.0 Å². The molecule has 10 heteroatoms. The summed E-state index contributed by atoms with van der Waals surface area (Å²) < 4.78 is 127. The lowest BCUT2D eigenvalue weighted by Crippen LogP contribution is -2.80. The molecule has 0 spiro atoms. The van der Waals surface area contributed by atoms with E-state index in [9.17, 15) is 0 Å². The van der Waals surface area contributed by atoms with Gasteiger partial charge in [0.25, 0.3) is 0 Å². The second-order valence-electron chi connectivity index (χ2n) is 13.8. The average molecular weight is 746 g/mol. The largest absolute Gasteiger partial charge is 0.339 e. The third kappa shape index (κ3) is 7.44. The average Bonchev–Trinajstić information content (AvgIpc) is 3.13. The molecule has 2 N–H and O–H groups in total. The minimum atomic E-state index is -4.50. The molecule has 0 saturated heterocycles. The first-order chi connectivity index (χ1) is 25.6. The number of halogens is 8. The van der Waals surface area contributed by atoms with Crippen LogP contribution in [-0.4, -0.2) is 6.15 Å². The summed E-state index contributed by atoms with van der Waals surface area (Å²) in [6, 6.07) is 24.0. The summed E-state index contributed by atoms with van der Waals surface area (Å²) in [6.07, 6.45) is -4.50. The van der Waals surface area contributed by atoms with E-state index >= 15 is 35.1 Å². The standard InChI is InChI=1S/C28H20BF8.C16H19N/c1-13-5-9-17(30)21(25(13)34)29(22-18(31)10-6-14(2)26(22)35,23-19(32)11-7-15(3)27(23)36)24-20(33)12-8-16(4)28(24)37;1-13-7-3-5-9-15(13)11-17-12-16-10-6-4-8-14(16)2/h5-12H,1-4H3;3-10,17H,11-12H2,1-2H3/q-1;/p+1. The molecule has 280 valence electrons. The maximum Gasteiger partial charge on any atom is 0.136 e. The van der Waals surface area contributed by atoms with Gasteiger partial charge in [0.05, 0.1) is 46.5 Å². The number of rotatable bonds is 8. The zero-order chi connectivity index (χ0) is 39.5. The van der Waals surface area contributed by atoms with Gasteiger partial charge in [-0.3, -0.25) is 0 Å². The molecule has 6 rings (SSSR count). The van der Waals surface area contributed by atoms with Crippen LogP contribution in [0.1, 0.15) is 44.5 Å². The van der Waals surface area contributed by atoms with E-state index in [1.807, 2.05) is 0 Å². The molecule has 0 bridgehead atoms. The first kappa shape index (κ1) is 40.0. The number of nitrogens with two attached hydrogens (primary N) is 1. The van der Waals surface area contributed by atoms with Gasteiger partial charge in [-0.05, 0) is 99.2 Å². The molecule has 0 aliphatic rings. The molecule has 6 aromatic rings. The van der Waals surface area contributed by atoms with E-state index in [1.54, 1.807) is 0 Å². The lowest BCUT2D eigenvalue weighted by Gasteiger charge is -2.45. The Morgan fingerprint density at radius 2 is 0.611 bits per heavy atom. The molecule has 1 nitrogen and oxygen atoms in total. The quantitative estimate of drug-likeness (QED) is 0.120. The van der Waals surface area contributed by atoms with Crippen molar-refractivity contribution in [1.82, 2.24) is 0 Å². The van der Waals surface area contributed by atoms with Crippen LogP contribution in [0.4, 0.5) is 35.1 Å². The summed E-state index contributed by atoms with van der Waals surface area (Å²) in [5, 5.41) is 2.37. The van der Waals surface area contributed by atoms with Crippen molar-refractivity contribution in [2.45, 2.75) is 54.6 Å². The van der Waals surface area contributed by atoms with Gasteiger partial charge in [-0.25, -0.2) is 35.1 Å². The first-order valence-corrected chi connectivity index (χ1v) is 17.5. The van der Waals surface area contributed by atoms with Crippen molar-refractivity contribution in [3.05, 3.63) is 188 Å². The van der Waals surface area contributed by atoms with E-state index in [1.165, 1.54) is 49.9 Å². The first-order valence-electron chi connectivity index (χ1n) is 17.5. The second-order valence-corrected chi connectivity index (χ2v) is 13.8. The minimum Gasteiger partial charge on any atom is -0.339 e. The highest BCUT2D eigenvalue weighted by Gasteiger charge is 2.46. The van der Waals surface area contributed by atoms with Crippen LogP contribution in [0.15, 0.2) is 97.1 Å². The van der Waals surface area contributed by atoms with Crippen LogP contribution in [0, 0.1) is 88.1 Å². The molecular weight excluding hydrogens is 705 g/mol. The zero-order valence-electron chi connectivity index (χ0n) is 30.8. The van der Waals surface area contributed by atoms with Crippen LogP contribution in [0.5, 0.6) is 0 Å². The fraction of sp³-hybridized carbons (Fsp3) is 0.182. The van der Waals surface area contributed by atoms with E-state index in [-0.39, 0.29) is 22.3 Å². The smallest absolute Gasteiger partial charge is 0.136 e. The maximum atomic E-state index is 15.9. The van der Waals surface area contributed by atoms with Crippen LogP contribution in [0.25, 0.3) is 0 Å². The molecule has 0 atom stereocenters. The zero-order valence-corrected chi connectivity index (χ0v) is 30.8. The molecule has 54 heavy (non-hydrogen) atoms. The van der Waals surface area contributed by atoms with E-state index in [0.29, 0.717) is 24.3 Å². The Kier molecular flexibility index (Phi) is 12.2. The van der Waals surface area contributed by atoms with Gasteiger partial charge >= 0.3 is 0 Å². The molecule has 0 aliphatic carbocycles. The molecule has 0 aliphatic heterocycles. The Morgan fingerprint density at radius 3 is 0.870 bits per heavy atom. The Balaban J connectivity index is 0.000000274. The monoisotopic (exact) mass is 745 g/mol. The van der Waals surface area contributed by atoms with Gasteiger partial charge in [0.2, 0.25) is 0 Å². The van der Waals surface area contributed by atoms with Gasteiger partial charge in [0.1, 0.15) is 19.2 Å². The highest BCUT2D eigenvalue weighted by atomic mass is 19.2. The van der Waals surface area contributed by atoms with Crippen molar-refractivity contribution in [3.8, 4) is 0 Å². The van der Waals surface area contributed by atoms with E-state index in [0.717, 1.165) is 37.4 Å². The number of hydrogen-bond acceptors (Lipinski definition) is 0. The van der Waals surface area contributed by atoms with Crippen molar-refractivity contribution in [2.75, 3.05) is 0 Å². The Hall–Kier alpha value is -5.22. The van der Waals surface area contributed by atoms with Gasteiger partial charge in [0, 0.05) is 11.1 Å². The van der Waals surface area contributed by atoms with Gasteiger partial charge in [0.15, 0.2) is 0 Å². The molecule has 0 amide bonds. The molecule has 0 unspecified atom stereocenters. The topological polar surface area (TPSA) is 16.6 Å². The third-order valence-electron chi connectivity index (χ3n) is 10.3. The lowest BCUT2D eigenvalue weighted by atomic mass is 9.12. The van der Waals surface area contributed by atoms with Crippen molar-refractivity contribution in [3.63, 3.8) is 0 Å². The second kappa shape index (κ2) is 16.4. The summed E-state index contributed by atoms with van der Waals surface area (Å²) >= 11 is 0. The maximum absolute atomic E-state index is 15.9. The Morgan fingerprint density at radius 1 is 0.352 bits per heavy atom. The SMILES string of the molecule is Cc1ccc(F)c([B-](c2c(F)ccc(C)c2F)(c2c(F)ccc(C)c2F)c2c(F)ccc(C)c2F)c1F.Cc1ccccc1C[NH2+]Cc1ccccc1C. The molecule has 0 aromatic heterocycles. The van der Waals surface area contributed by atoms with E-state index in [4.69, 9.17) is 0 Å². The molecule has 0 heterocycles. The number of benzene rings is 6. The summed E-state index contributed by atoms with van der Waals surface area (Å²) in [5.41, 5.74) is -0.563. The van der Waals surface area contributed by atoms with Crippen LogP contribution in [0.3, 0.4) is 0 Å². The van der Waals surface area contributed by atoms with Gasteiger partial charge in [-0.15, -0.1) is 21.9 Å². The Bertz CT molecular complexity index is 2060. The summed E-state index contributed by atoms with van der Waals surface area (Å²) in [4.78, 5) is 0. The highest BCUT2D eigenvalue weighted by molar-refractivity contribution is 7.20. The Labute approximate surface area is 310 Å². The number of aryl methyl sites for hydroxylation is 6. The van der Waals surface area contributed by atoms with Gasteiger partial charge < -0.3 is 5.32 Å². The molecule has 0 radical (unpaired) electrons. The third-order valence-corrected chi connectivity index (χ3v) is 10.3. The van der Waals surface area contributed by atoms with Crippen molar-refractivity contribution in [1.29, 1.82) is 0 Å². The summed E-state index contributed by atoms with van der Waals surface area (Å²) in [6.45, 7) is 11.2. The summed E-state index contributed by atoms with van der Waals surface area (Å²) in [7, 11) is 0. The predicted molar refractivity (Wildman–Crippen MR) is 200 cm³/mol. The van der Waals surface area contributed by atoms with Crippen LogP contribution >= 0.6 is 0 Å².